The Bertz CT molecular complexity index is 849. The quantitative estimate of drug-likeness (QED) is 0.741. The summed E-state index contributed by atoms with van der Waals surface area (Å²) < 4.78 is 27.5. The fraction of sp³-hybridized carbons (Fsp3) is 0.316. The average molecular weight is 375 g/mol. The molecule has 0 saturated heterocycles. The largest absolute Gasteiger partial charge is 0.370 e. The molecule has 1 amide bonds. The van der Waals surface area contributed by atoms with Gasteiger partial charge >= 0.3 is 0 Å². The Kier molecular flexibility index (Phi) is 6.76. The monoisotopic (exact) mass is 375 g/mol. The zero-order chi connectivity index (χ0) is 19.2. The fourth-order valence-electron chi connectivity index (χ4n) is 2.70. The summed E-state index contributed by atoms with van der Waals surface area (Å²) in [5.41, 5.74) is 2.68. The number of hydrogen-bond acceptors (Lipinski definition) is 4. The highest BCUT2D eigenvalue weighted by atomic mass is 32.2. The average Bonchev–Trinajstić information content (AvgIpc) is 2.65. The van der Waals surface area contributed by atoms with Gasteiger partial charge in [-0.3, -0.25) is 4.79 Å². The van der Waals surface area contributed by atoms with E-state index in [0.29, 0.717) is 18.7 Å². The summed E-state index contributed by atoms with van der Waals surface area (Å²) in [6, 6.07) is 13.9. The van der Waals surface area contributed by atoms with Crippen LogP contribution >= 0.6 is 0 Å². The van der Waals surface area contributed by atoms with Crippen LogP contribution < -0.4 is 14.9 Å². The molecule has 140 valence electrons. The molecule has 0 aromatic heterocycles. The zero-order valence-corrected chi connectivity index (χ0v) is 16.1. The van der Waals surface area contributed by atoms with E-state index in [4.69, 9.17) is 0 Å². The standard InChI is InChI=1S/C19H25N3O3S/c1-4-22(18-8-6-5-7-15(18)2)14-13-21-26(24,25)17-11-9-16(10-12-17)19(23)20-3/h5-12,21H,4,13-14H2,1-3H3,(H,20,23). The van der Waals surface area contributed by atoms with E-state index >= 15 is 0 Å². The van der Waals surface area contributed by atoms with Crippen molar-refractivity contribution in [3.05, 3.63) is 59.7 Å². The molecule has 2 aromatic carbocycles. The minimum atomic E-state index is -3.61. The molecule has 2 rings (SSSR count). The third-order valence-electron chi connectivity index (χ3n) is 4.17. The lowest BCUT2D eigenvalue weighted by Crippen LogP contribution is -2.35. The maximum absolute atomic E-state index is 12.4. The number of rotatable bonds is 8. The molecule has 2 N–H and O–H groups in total. The number of benzene rings is 2. The molecule has 0 spiro atoms. The Morgan fingerprint density at radius 1 is 1.08 bits per heavy atom. The van der Waals surface area contributed by atoms with Gasteiger partial charge in [-0.05, 0) is 49.7 Å². The van der Waals surface area contributed by atoms with Crippen molar-refractivity contribution in [1.29, 1.82) is 0 Å². The minimum Gasteiger partial charge on any atom is -0.370 e. The molecule has 0 bridgehead atoms. The van der Waals surface area contributed by atoms with Crippen LogP contribution in [0.5, 0.6) is 0 Å². The summed E-state index contributed by atoms with van der Waals surface area (Å²) in [6.07, 6.45) is 0. The highest BCUT2D eigenvalue weighted by Crippen LogP contribution is 2.18. The van der Waals surface area contributed by atoms with Crippen LogP contribution in [-0.4, -0.2) is 41.0 Å². The van der Waals surface area contributed by atoms with Gasteiger partial charge in [0.25, 0.3) is 5.91 Å². The minimum absolute atomic E-state index is 0.143. The fourth-order valence-corrected chi connectivity index (χ4v) is 3.72. The smallest absolute Gasteiger partial charge is 0.251 e. The second-order valence-corrected chi connectivity index (χ2v) is 7.63. The number of likely N-dealkylation sites (N-methyl/N-ethyl adjacent to an activating group) is 1. The molecular weight excluding hydrogens is 350 g/mol. The zero-order valence-electron chi connectivity index (χ0n) is 15.3. The molecule has 0 aliphatic carbocycles. The molecule has 7 heteroatoms. The molecule has 0 fully saturated rings. The summed E-state index contributed by atoms with van der Waals surface area (Å²) in [5.74, 6) is -0.251. The van der Waals surface area contributed by atoms with Crippen LogP contribution in [0.25, 0.3) is 0 Å². The second kappa shape index (κ2) is 8.82. The lowest BCUT2D eigenvalue weighted by Gasteiger charge is -2.25. The Morgan fingerprint density at radius 3 is 2.31 bits per heavy atom. The van der Waals surface area contributed by atoms with Crippen molar-refractivity contribution in [2.75, 3.05) is 31.6 Å². The van der Waals surface area contributed by atoms with Crippen LogP contribution in [0.3, 0.4) is 0 Å². The van der Waals surface area contributed by atoms with Crippen molar-refractivity contribution in [1.82, 2.24) is 10.0 Å². The first-order valence-electron chi connectivity index (χ1n) is 8.51. The summed E-state index contributed by atoms with van der Waals surface area (Å²) in [5, 5.41) is 2.50. The molecule has 6 nitrogen and oxygen atoms in total. The van der Waals surface area contributed by atoms with Gasteiger partial charge in [0.15, 0.2) is 0 Å². The van der Waals surface area contributed by atoms with Crippen molar-refractivity contribution in [3.63, 3.8) is 0 Å². The Morgan fingerprint density at radius 2 is 1.73 bits per heavy atom. The lowest BCUT2D eigenvalue weighted by atomic mass is 10.2. The molecule has 2 aromatic rings. The van der Waals surface area contributed by atoms with Crippen molar-refractivity contribution in [2.24, 2.45) is 0 Å². The summed E-state index contributed by atoms with van der Waals surface area (Å²) >= 11 is 0. The molecule has 0 unspecified atom stereocenters. The van der Waals surface area contributed by atoms with Gasteiger partial charge in [0, 0.05) is 37.9 Å². The molecular formula is C19H25N3O3S. The van der Waals surface area contributed by atoms with Gasteiger partial charge in [-0.25, -0.2) is 13.1 Å². The van der Waals surface area contributed by atoms with Crippen molar-refractivity contribution in [3.8, 4) is 0 Å². The highest BCUT2D eigenvalue weighted by Gasteiger charge is 2.15. The van der Waals surface area contributed by atoms with E-state index in [1.807, 2.05) is 38.1 Å². The topological polar surface area (TPSA) is 78.5 Å². The van der Waals surface area contributed by atoms with Crippen molar-refractivity contribution < 1.29 is 13.2 Å². The van der Waals surface area contributed by atoms with Gasteiger partial charge in [0.1, 0.15) is 0 Å². The van der Waals surface area contributed by atoms with E-state index in [0.717, 1.165) is 17.8 Å². The number of sulfonamides is 1. The first-order chi connectivity index (χ1) is 12.4. The van der Waals surface area contributed by atoms with Crippen LogP contribution in [0.1, 0.15) is 22.8 Å². The third-order valence-corrected chi connectivity index (χ3v) is 5.64. The van der Waals surface area contributed by atoms with Gasteiger partial charge in [-0.15, -0.1) is 0 Å². The van der Waals surface area contributed by atoms with Crippen molar-refractivity contribution >= 4 is 21.6 Å². The molecule has 0 aliphatic rings. The highest BCUT2D eigenvalue weighted by molar-refractivity contribution is 7.89. The van der Waals surface area contributed by atoms with E-state index in [9.17, 15) is 13.2 Å². The molecule has 26 heavy (non-hydrogen) atoms. The predicted octanol–water partition coefficient (Wildman–Crippen LogP) is 2.16. The Labute approximate surface area is 155 Å². The van der Waals surface area contributed by atoms with Crippen LogP contribution in [0.15, 0.2) is 53.4 Å². The van der Waals surface area contributed by atoms with Crippen molar-refractivity contribution in [2.45, 2.75) is 18.7 Å². The summed E-state index contributed by atoms with van der Waals surface area (Å²) in [6.45, 7) is 5.72. The second-order valence-electron chi connectivity index (χ2n) is 5.87. The molecule has 0 atom stereocenters. The van der Waals surface area contributed by atoms with Crippen LogP contribution in [0.2, 0.25) is 0 Å². The van der Waals surface area contributed by atoms with Crippen LogP contribution in [0.4, 0.5) is 5.69 Å². The number of para-hydroxylation sites is 1. The van der Waals surface area contributed by atoms with Gasteiger partial charge in [-0.1, -0.05) is 18.2 Å². The predicted molar refractivity (Wildman–Crippen MR) is 104 cm³/mol. The number of nitrogens with zero attached hydrogens (tertiary/aromatic N) is 1. The van der Waals surface area contributed by atoms with Crippen LogP contribution in [0, 0.1) is 6.92 Å². The number of hydrogen-bond donors (Lipinski definition) is 2. The van der Waals surface area contributed by atoms with E-state index in [-0.39, 0.29) is 10.8 Å². The number of nitrogens with one attached hydrogen (secondary N) is 2. The van der Waals surface area contributed by atoms with Gasteiger partial charge in [-0.2, -0.15) is 0 Å². The molecule has 0 saturated carbocycles. The van der Waals surface area contributed by atoms with Gasteiger partial charge in [0.05, 0.1) is 4.90 Å². The maximum atomic E-state index is 12.4. The molecule has 0 radical (unpaired) electrons. The Balaban J connectivity index is 2.01. The van der Waals surface area contributed by atoms with E-state index < -0.39 is 10.0 Å². The first-order valence-corrected chi connectivity index (χ1v) is 9.99. The normalized spacial score (nSPS) is 11.2. The third kappa shape index (κ3) is 4.83. The lowest BCUT2D eigenvalue weighted by molar-refractivity contribution is 0.0963. The Hall–Kier alpha value is -2.38. The molecule has 0 aliphatic heterocycles. The summed E-state index contributed by atoms with van der Waals surface area (Å²) in [7, 11) is -2.08. The molecule has 0 heterocycles. The number of aryl methyl sites for hydroxylation is 1. The number of carbonyl (C=O) groups is 1. The number of anilines is 1. The van der Waals surface area contributed by atoms with E-state index in [2.05, 4.69) is 14.9 Å². The van der Waals surface area contributed by atoms with Gasteiger partial charge in [0.2, 0.25) is 10.0 Å². The van der Waals surface area contributed by atoms with Gasteiger partial charge < -0.3 is 10.2 Å². The number of carbonyl (C=O) groups excluding carboxylic acids is 1. The maximum Gasteiger partial charge on any atom is 0.251 e. The van der Waals surface area contributed by atoms with E-state index in [1.165, 1.54) is 31.3 Å². The summed E-state index contributed by atoms with van der Waals surface area (Å²) in [4.78, 5) is 13.8. The van der Waals surface area contributed by atoms with Crippen LogP contribution in [-0.2, 0) is 10.0 Å². The van der Waals surface area contributed by atoms with E-state index in [1.54, 1.807) is 0 Å². The first kappa shape index (κ1) is 19.9. The number of amides is 1. The SMILES string of the molecule is CCN(CCNS(=O)(=O)c1ccc(C(=O)NC)cc1)c1ccccc1C.